The van der Waals surface area contributed by atoms with Gasteiger partial charge in [-0.2, -0.15) is 11.8 Å². The Hall–Kier alpha value is -0.180. The summed E-state index contributed by atoms with van der Waals surface area (Å²) >= 11 is 7.82. The molecule has 0 heterocycles. The maximum absolute atomic E-state index is 5.90. The molecule has 0 radical (unpaired) electrons. The van der Waals surface area contributed by atoms with Gasteiger partial charge in [0, 0.05) is 11.6 Å². The third-order valence-electron chi connectivity index (χ3n) is 2.69. The molecule has 1 rings (SSSR count). The highest BCUT2D eigenvalue weighted by Crippen LogP contribution is 2.23. The molecule has 0 saturated carbocycles. The van der Waals surface area contributed by atoms with Crippen LogP contribution in [-0.2, 0) is 0 Å². The van der Waals surface area contributed by atoms with E-state index in [9.17, 15) is 0 Å². The van der Waals surface area contributed by atoms with Gasteiger partial charge in [-0.25, -0.2) is 0 Å². The number of likely N-dealkylation sites (N-methyl/N-ethyl adjacent to an activating group) is 1. The van der Waals surface area contributed by atoms with E-state index in [0.29, 0.717) is 5.92 Å². The molecule has 0 fully saturated rings. The summed E-state index contributed by atoms with van der Waals surface area (Å²) in [5, 5.41) is 4.08. The maximum atomic E-state index is 5.90. The Morgan fingerprint density at radius 3 is 2.56 bits per heavy atom. The van der Waals surface area contributed by atoms with Crippen molar-refractivity contribution in [3.05, 3.63) is 34.9 Å². The number of halogens is 1. The quantitative estimate of drug-likeness (QED) is 0.746. The Bertz CT molecular complexity index is 286. The van der Waals surface area contributed by atoms with Crippen molar-refractivity contribution in [3.8, 4) is 0 Å². The van der Waals surface area contributed by atoms with Gasteiger partial charge in [-0.05, 0) is 55.5 Å². The molecule has 90 valence electrons. The number of thioether (sulfide) groups is 1. The van der Waals surface area contributed by atoms with Crippen LogP contribution in [0.1, 0.15) is 24.3 Å². The van der Waals surface area contributed by atoms with Crippen molar-refractivity contribution in [1.82, 2.24) is 5.32 Å². The molecule has 0 saturated heterocycles. The molecule has 16 heavy (non-hydrogen) atoms. The average molecular weight is 258 g/mol. The van der Waals surface area contributed by atoms with Gasteiger partial charge in [0.2, 0.25) is 0 Å². The Morgan fingerprint density at radius 1 is 1.31 bits per heavy atom. The highest BCUT2D eigenvalue weighted by Gasteiger charge is 2.09. The Morgan fingerprint density at radius 2 is 2.00 bits per heavy atom. The second kappa shape index (κ2) is 7.99. The maximum Gasteiger partial charge on any atom is 0.0406 e. The van der Waals surface area contributed by atoms with Gasteiger partial charge in [0.1, 0.15) is 0 Å². The summed E-state index contributed by atoms with van der Waals surface area (Å²) in [6.45, 7) is 1.04. The van der Waals surface area contributed by atoms with Gasteiger partial charge >= 0.3 is 0 Å². The van der Waals surface area contributed by atoms with Gasteiger partial charge < -0.3 is 5.32 Å². The number of hydrogen-bond donors (Lipinski definition) is 1. The molecule has 0 bridgehead atoms. The monoisotopic (exact) mass is 257 g/mol. The van der Waals surface area contributed by atoms with Crippen molar-refractivity contribution < 1.29 is 0 Å². The molecule has 1 nitrogen and oxygen atoms in total. The predicted octanol–water partition coefficient (Wildman–Crippen LogP) is 3.79. The minimum absolute atomic E-state index is 0.606. The molecule has 1 aromatic carbocycles. The minimum atomic E-state index is 0.606. The Labute approximate surface area is 108 Å². The van der Waals surface area contributed by atoms with Crippen molar-refractivity contribution in [2.24, 2.45) is 0 Å². The normalized spacial score (nSPS) is 12.7. The van der Waals surface area contributed by atoms with Gasteiger partial charge in [-0.3, -0.25) is 0 Å². The number of rotatable bonds is 7. The first-order chi connectivity index (χ1) is 7.77. The van der Waals surface area contributed by atoms with Gasteiger partial charge in [0.05, 0.1) is 0 Å². The zero-order chi connectivity index (χ0) is 11.8. The second-order valence-corrected chi connectivity index (χ2v) is 5.36. The molecular weight excluding hydrogens is 238 g/mol. The standard InChI is InChI=1S/C13H20ClNS/c1-15-10-12(4-3-9-16-2)11-5-7-13(14)8-6-11/h5-8,12,15H,3-4,9-10H2,1-2H3. The molecule has 0 spiro atoms. The molecule has 0 aliphatic carbocycles. The number of hydrogen-bond acceptors (Lipinski definition) is 2. The fourth-order valence-corrected chi connectivity index (χ4v) is 2.42. The first kappa shape index (κ1) is 13.9. The fraction of sp³-hybridized carbons (Fsp3) is 0.538. The van der Waals surface area contributed by atoms with E-state index in [-0.39, 0.29) is 0 Å². The van der Waals surface area contributed by atoms with E-state index in [0.717, 1.165) is 11.6 Å². The summed E-state index contributed by atoms with van der Waals surface area (Å²) < 4.78 is 0. The molecule has 0 aliphatic heterocycles. The van der Waals surface area contributed by atoms with Crippen LogP contribution in [0.25, 0.3) is 0 Å². The zero-order valence-corrected chi connectivity index (χ0v) is 11.6. The molecular formula is C13H20ClNS. The van der Waals surface area contributed by atoms with E-state index in [1.54, 1.807) is 0 Å². The molecule has 3 heteroatoms. The highest BCUT2D eigenvalue weighted by molar-refractivity contribution is 7.98. The number of nitrogens with one attached hydrogen (secondary N) is 1. The van der Waals surface area contributed by atoms with E-state index >= 15 is 0 Å². The highest BCUT2D eigenvalue weighted by atomic mass is 35.5. The van der Waals surface area contributed by atoms with Crippen molar-refractivity contribution >= 4 is 23.4 Å². The lowest BCUT2D eigenvalue weighted by Gasteiger charge is -2.16. The molecule has 1 unspecified atom stereocenters. The van der Waals surface area contributed by atoms with Crippen LogP contribution in [0.4, 0.5) is 0 Å². The summed E-state index contributed by atoms with van der Waals surface area (Å²) in [5.41, 5.74) is 1.39. The average Bonchev–Trinajstić information content (AvgIpc) is 2.29. The largest absolute Gasteiger partial charge is 0.319 e. The first-order valence-corrected chi connectivity index (χ1v) is 7.44. The van der Waals surface area contributed by atoms with Crippen LogP contribution in [0.5, 0.6) is 0 Å². The Kier molecular flexibility index (Phi) is 6.93. The predicted molar refractivity (Wildman–Crippen MR) is 75.7 cm³/mol. The van der Waals surface area contributed by atoms with E-state index in [1.807, 2.05) is 30.9 Å². The summed E-state index contributed by atoms with van der Waals surface area (Å²) in [7, 11) is 2.01. The lowest BCUT2D eigenvalue weighted by atomic mass is 9.94. The molecule has 1 aromatic rings. The summed E-state index contributed by atoms with van der Waals surface area (Å²) in [4.78, 5) is 0. The molecule has 0 aliphatic rings. The summed E-state index contributed by atoms with van der Waals surface area (Å²) in [5.74, 6) is 1.85. The van der Waals surface area contributed by atoms with E-state index in [4.69, 9.17) is 11.6 Å². The third kappa shape index (κ3) is 4.77. The molecule has 1 atom stereocenters. The SMILES string of the molecule is CNCC(CCCSC)c1ccc(Cl)cc1. The van der Waals surface area contributed by atoms with Crippen LogP contribution >= 0.6 is 23.4 Å². The fourth-order valence-electron chi connectivity index (χ4n) is 1.84. The van der Waals surface area contributed by atoms with Gasteiger partial charge in [-0.15, -0.1) is 0 Å². The topological polar surface area (TPSA) is 12.0 Å². The second-order valence-electron chi connectivity index (χ2n) is 3.94. The minimum Gasteiger partial charge on any atom is -0.319 e. The van der Waals surface area contributed by atoms with Crippen LogP contribution in [0.3, 0.4) is 0 Å². The molecule has 1 N–H and O–H groups in total. The van der Waals surface area contributed by atoms with Crippen LogP contribution in [-0.4, -0.2) is 25.6 Å². The van der Waals surface area contributed by atoms with Crippen LogP contribution in [0, 0.1) is 0 Å². The van der Waals surface area contributed by atoms with Gasteiger partial charge in [-0.1, -0.05) is 23.7 Å². The van der Waals surface area contributed by atoms with Crippen molar-refractivity contribution in [2.75, 3.05) is 25.6 Å². The van der Waals surface area contributed by atoms with E-state index in [2.05, 4.69) is 23.7 Å². The molecule has 0 aromatic heterocycles. The van der Waals surface area contributed by atoms with Crippen LogP contribution in [0.2, 0.25) is 5.02 Å². The van der Waals surface area contributed by atoms with Crippen LogP contribution < -0.4 is 5.32 Å². The molecule has 0 amide bonds. The summed E-state index contributed by atoms with van der Waals surface area (Å²) in [6.07, 6.45) is 4.68. The first-order valence-electron chi connectivity index (χ1n) is 5.67. The smallest absolute Gasteiger partial charge is 0.0406 e. The van der Waals surface area contributed by atoms with Gasteiger partial charge in [0.15, 0.2) is 0 Å². The van der Waals surface area contributed by atoms with E-state index < -0.39 is 0 Å². The van der Waals surface area contributed by atoms with Crippen molar-refractivity contribution in [3.63, 3.8) is 0 Å². The zero-order valence-electron chi connectivity index (χ0n) is 10.0. The Balaban J connectivity index is 2.57. The van der Waals surface area contributed by atoms with Crippen molar-refractivity contribution in [2.45, 2.75) is 18.8 Å². The number of benzene rings is 1. The van der Waals surface area contributed by atoms with E-state index in [1.165, 1.54) is 24.2 Å². The summed E-state index contributed by atoms with van der Waals surface area (Å²) in [6, 6.07) is 8.25. The lowest BCUT2D eigenvalue weighted by molar-refractivity contribution is 0.578. The third-order valence-corrected chi connectivity index (χ3v) is 3.64. The van der Waals surface area contributed by atoms with Crippen molar-refractivity contribution in [1.29, 1.82) is 0 Å². The van der Waals surface area contributed by atoms with Gasteiger partial charge in [0.25, 0.3) is 0 Å². The lowest BCUT2D eigenvalue weighted by Crippen LogP contribution is -2.17. The van der Waals surface area contributed by atoms with Crippen LogP contribution in [0.15, 0.2) is 24.3 Å².